The minimum Gasteiger partial charge on any atom is -0.363 e. The molecule has 4 heteroatoms. The van der Waals surface area contributed by atoms with E-state index in [2.05, 4.69) is 10.6 Å². The lowest BCUT2D eigenvalue weighted by atomic mass is 10.0. The van der Waals surface area contributed by atoms with Crippen molar-refractivity contribution in [2.45, 2.75) is 31.6 Å². The Balaban J connectivity index is 2.02. The number of amides is 1. The number of hydrogen-bond acceptors (Lipinski definition) is 3. The molecule has 4 nitrogen and oxygen atoms in total. The maximum Gasteiger partial charge on any atom is 0.249 e. The molecule has 0 saturated carbocycles. The fourth-order valence-electron chi connectivity index (χ4n) is 1.77. The predicted octanol–water partition coefficient (Wildman–Crippen LogP) is -0.748. The molecule has 0 radical (unpaired) electrons. The van der Waals surface area contributed by atoms with Gasteiger partial charge in [-0.2, -0.15) is 0 Å². The molecule has 3 atom stereocenters. The van der Waals surface area contributed by atoms with E-state index >= 15 is 0 Å². The third kappa shape index (κ3) is 1.32. The summed E-state index contributed by atoms with van der Waals surface area (Å²) in [5.74, 6) is 0.0138. The molecule has 2 N–H and O–H groups in total. The second-order valence-electron chi connectivity index (χ2n) is 3.42. The zero-order valence-corrected chi connectivity index (χ0v) is 7.17. The first kappa shape index (κ1) is 8.01. The van der Waals surface area contributed by atoms with Gasteiger partial charge in [0.2, 0.25) is 5.91 Å². The van der Waals surface area contributed by atoms with Gasteiger partial charge in [0.15, 0.2) is 0 Å². The van der Waals surface area contributed by atoms with Crippen LogP contribution in [0.15, 0.2) is 0 Å². The normalized spacial score (nSPS) is 41.8. The van der Waals surface area contributed by atoms with Crippen LogP contribution in [0, 0.1) is 0 Å². The van der Waals surface area contributed by atoms with E-state index in [-0.39, 0.29) is 24.2 Å². The van der Waals surface area contributed by atoms with Gasteiger partial charge in [0.25, 0.3) is 0 Å². The fourth-order valence-corrected chi connectivity index (χ4v) is 1.77. The topological polar surface area (TPSA) is 50.4 Å². The molecule has 2 fully saturated rings. The maximum atomic E-state index is 11.2. The van der Waals surface area contributed by atoms with Crippen molar-refractivity contribution in [2.24, 2.45) is 0 Å². The van der Waals surface area contributed by atoms with Gasteiger partial charge in [-0.15, -0.1) is 0 Å². The summed E-state index contributed by atoms with van der Waals surface area (Å²) in [6.07, 6.45) is 0.943. The van der Waals surface area contributed by atoms with Crippen LogP contribution in [-0.4, -0.2) is 37.2 Å². The first-order chi connectivity index (χ1) is 5.77. The summed E-state index contributed by atoms with van der Waals surface area (Å²) in [5.41, 5.74) is 0. The molecule has 0 aliphatic carbocycles. The number of carbonyl (C=O) groups excluding carboxylic acids is 1. The monoisotopic (exact) mass is 170 g/mol. The van der Waals surface area contributed by atoms with Crippen molar-refractivity contribution in [1.82, 2.24) is 10.6 Å². The van der Waals surface area contributed by atoms with E-state index in [1.807, 2.05) is 0 Å². The summed E-state index contributed by atoms with van der Waals surface area (Å²) < 4.78 is 5.55. The highest BCUT2D eigenvalue weighted by Gasteiger charge is 2.35. The molecule has 68 valence electrons. The first-order valence-electron chi connectivity index (χ1n) is 4.44. The van der Waals surface area contributed by atoms with Crippen molar-refractivity contribution in [3.63, 3.8) is 0 Å². The standard InChI is InChI=1S/C8H14N2O2/c1-5-8(11)10-6-4-9-3-2-7(6)12-5/h5-7,9H,2-4H2,1H3,(H,10,11)/t5-,6-,7+/m1/s1. The molecule has 2 aliphatic rings. The summed E-state index contributed by atoms with van der Waals surface area (Å²) in [4.78, 5) is 11.2. The van der Waals surface area contributed by atoms with E-state index in [1.54, 1.807) is 6.92 Å². The minimum atomic E-state index is -0.274. The lowest BCUT2D eigenvalue weighted by Crippen LogP contribution is -2.61. The smallest absolute Gasteiger partial charge is 0.249 e. The van der Waals surface area contributed by atoms with Crippen LogP contribution >= 0.6 is 0 Å². The summed E-state index contributed by atoms with van der Waals surface area (Å²) in [6.45, 7) is 3.63. The number of nitrogens with one attached hydrogen (secondary N) is 2. The Morgan fingerprint density at radius 2 is 2.42 bits per heavy atom. The lowest BCUT2D eigenvalue weighted by Gasteiger charge is -2.38. The van der Waals surface area contributed by atoms with Gasteiger partial charge in [-0.25, -0.2) is 0 Å². The Labute approximate surface area is 71.7 Å². The molecule has 0 aromatic heterocycles. The van der Waals surface area contributed by atoms with Crippen molar-refractivity contribution >= 4 is 5.91 Å². The molecule has 0 spiro atoms. The van der Waals surface area contributed by atoms with Crippen LogP contribution in [0.3, 0.4) is 0 Å². The largest absolute Gasteiger partial charge is 0.363 e. The molecule has 2 saturated heterocycles. The fraction of sp³-hybridized carbons (Fsp3) is 0.875. The lowest BCUT2D eigenvalue weighted by molar-refractivity contribution is -0.149. The molecule has 0 unspecified atom stereocenters. The molecule has 0 aromatic rings. The van der Waals surface area contributed by atoms with E-state index in [0.717, 1.165) is 19.5 Å². The quantitative estimate of drug-likeness (QED) is 0.503. The summed E-state index contributed by atoms with van der Waals surface area (Å²) in [7, 11) is 0. The molecule has 1 amide bonds. The SMILES string of the molecule is C[C@H]1O[C@H]2CCNC[C@H]2NC1=O. The van der Waals surface area contributed by atoms with Gasteiger partial charge >= 0.3 is 0 Å². The highest BCUT2D eigenvalue weighted by Crippen LogP contribution is 2.15. The minimum absolute atomic E-state index is 0.0138. The number of fused-ring (bicyclic) bond motifs is 1. The Morgan fingerprint density at radius 3 is 3.25 bits per heavy atom. The average molecular weight is 170 g/mol. The summed E-state index contributed by atoms with van der Waals surface area (Å²) >= 11 is 0. The summed E-state index contributed by atoms with van der Waals surface area (Å²) in [5, 5.41) is 6.17. The Bertz CT molecular complexity index is 195. The van der Waals surface area contributed by atoms with Crippen LogP contribution in [0.25, 0.3) is 0 Å². The number of piperidine rings is 1. The number of ether oxygens (including phenoxy) is 1. The second-order valence-corrected chi connectivity index (χ2v) is 3.42. The molecule has 2 rings (SSSR count). The van der Waals surface area contributed by atoms with Gasteiger partial charge in [-0.1, -0.05) is 0 Å². The third-order valence-electron chi connectivity index (χ3n) is 2.49. The molecule has 2 aliphatic heterocycles. The zero-order chi connectivity index (χ0) is 8.55. The highest BCUT2D eigenvalue weighted by atomic mass is 16.5. The van der Waals surface area contributed by atoms with Crippen molar-refractivity contribution in [2.75, 3.05) is 13.1 Å². The van der Waals surface area contributed by atoms with E-state index in [0.29, 0.717) is 0 Å². The summed E-state index contributed by atoms with van der Waals surface area (Å²) in [6, 6.07) is 0.183. The van der Waals surface area contributed by atoms with Crippen LogP contribution in [-0.2, 0) is 9.53 Å². The van der Waals surface area contributed by atoms with Crippen molar-refractivity contribution in [3.05, 3.63) is 0 Å². The van der Waals surface area contributed by atoms with E-state index in [1.165, 1.54) is 0 Å². The van der Waals surface area contributed by atoms with Crippen LogP contribution in [0.5, 0.6) is 0 Å². The molecule has 0 bridgehead atoms. The number of hydrogen-bond donors (Lipinski definition) is 2. The van der Waals surface area contributed by atoms with Crippen LogP contribution in [0.1, 0.15) is 13.3 Å². The predicted molar refractivity (Wildman–Crippen MR) is 43.8 cm³/mol. The molecule has 0 aromatic carbocycles. The van der Waals surface area contributed by atoms with Crippen molar-refractivity contribution in [3.8, 4) is 0 Å². The number of carbonyl (C=O) groups is 1. The maximum absolute atomic E-state index is 11.2. The Morgan fingerprint density at radius 1 is 1.58 bits per heavy atom. The Hall–Kier alpha value is -0.610. The molecular weight excluding hydrogens is 156 g/mol. The van der Waals surface area contributed by atoms with Crippen LogP contribution in [0.2, 0.25) is 0 Å². The average Bonchev–Trinajstić information content (AvgIpc) is 2.07. The highest BCUT2D eigenvalue weighted by molar-refractivity contribution is 5.81. The van der Waals surface area contributed by atoms with Crippen molar-refractivity contribution < 1.29 is 9.53 Å². The van der Waals surface area contributed by atoms with Gasteiger partial charge < -0.3 is 15.4 Å². The number of rotatable bonds is 0. The van der Waals surface area contributed by atoms with E-state index in [9.17, 15) is 4.79 Å². The van der Waals surface area contributed by atoms with Gasteiger partial charge in [0, 0.05) is 6.54 Å². The van der Waals surface area contributed by atoms with Crippen molar-refractivity contribution in [1.29, 1.82) is 0 Å². The van der Waals surface area contributed by atoms with Gasteiger partial charge in [-0.3, -0.25) is 4.79 Å². The molecular formula is C8H14N2O2. The van der Waals surface area contributed by atoms with Gasteiger partial charge in [0.05, 0.1) is 12.1 Å². The van der Waals surface area contributed by atoms with Gasteiger partial charge in [0.1, 0.15) is 6.10 Å². The van der Waals surface area contributed by atoms with E-state index < -0.39 is 0 Å². The Kier molecular flexibility index (Phi) is 2.02. The van der Waals surface area contributed by atoms with E-state index in [4.69, 9.17) is 4.74 Å². The number of morpholine rings is 1. The molecule has 2 heterocycles. The van der Waals surface area contributed by atoms with Crippen LogP contribution < -0.4 is 10.6 Å². The molecule has 12 heavy (non-hydrogen) atoms. The third-order valence-corrected chi connectivity index (χ3v) is 2.49. The van der Waals surface area contributed by atoms with Gasteiger partial charge in [-0.05, 0) is 19.9 Å². The zero-order valence-electron chi connectivity index (χ0n) is 7.17. The second kappa shape index (κ2) is 3.03. The van der Waals surface area contributed by atoms with Crippen LogP contribution in [0.4, 0.5) is 0 Å². The first-order valence-corrected chi connectivity index (χ1v) is 4.44.